The zero-order chi connectivity index (χ0) is 14.3. The predicted octanol–water partition coefficient (Wildman–Crippen LogP) is 2.09. The number of aliphatic imine (C=N–C) groups is 1. The Morgan fingerprint density at radius 2 is 2.11 bits per heavy atom. The molecule has 19 heavy (non-hydrogen) atoms. The topological polar surface area (TPSA) is 68.1 Å². The second-order valence-electron chi connectivity index (χ2n) is 4.14. The van der Waals surface area contributed by atoms with E-state index in [2.05, 4.69) is 11.9 Å². The van der Waals surface area contributed by atoms with E-state index in [1.165, 1.54) is 25.5 Å². The molecular weight excluding hydrogens is 246 g/mol. The number of hydrogen-bond donors (Lipinski definition) is 1. The van der Waals surface area contributed by atoms with Gasteiger partial charge in [-0.25, -0.2) is 4.79 Å². The molecule has 0 aromatic rings. The Morgan fingerprint density at radius 1 is 1.32 bits per heavy atom. The van der Waals surface area contributed by atoms with Gasteiger partial charge in [0.25, 0.3) is 0 Å². The number of rotatable bonds is 11. The van der Waals surface area contributed by atoms with Crippen molar-refractivity contribution in [2.24, 2.45) is 4.99 Å². The van der Waals surface area contributed by atoms with Crippen LogP contribution in [0.5, 0.6) is 0 Å². The van der Waals surface area contributed by atoms with Crippen LogP contribution in [0.1, 0.15) is 39.5 Å². The lowest BCUT2D eigenvalue weighted by molar-refractivity contribution is -0.137. The third kappa shape index (κ3) is 11.5. The summed E-state index contributed by atoms with van der Waals surface area (Å²) in [5.41, 5.74) is 0.366. The van der Waals surface area contributed by atoms with E-state index in [4.69, 9.17) is 14.6 Å². The Kier molecular flexibility index (Phi) is 12.1. The van der Waals surface area contributed by atoms with Crippen LogP contribution in [0.25, 0.3) is 0 Å². The van der Waals surface area contributed by atoms with Crippen molar-refractivity contribution in [2.75, 3.05) is 26.4 Å². The number of nitrogens with zero attached hydrogens (tertiary/aromatic N) is 1. The van der Waals surface area contributed by atoms with Gasteiger partial charge in [0, 0.05) is 12.8 Å². The summed E-state index contributed by atoms with van der Waals surface area (Å²) in [7, 11) is 0. The number of unbranched alkanes of at least 4 members (excludes halogenated alkanes) is 3. The summed E-state index contributed by atoms with van der Waals surface area (Å²) in [6.45, 7) is 4.82. The number of aliphatic hydroxyl groups excluding tert-OH is 1. The van der Waals surface area contributed by atoms with Gasteiger partial charge in [-0.3, -0.25) is 4.99 Å². The number of ether oxygens (including phenoxy) is 2. The summed E-state index contributed by atoms with van der Waals surface area (Å²) in [6.07, 6.45) is 7.63. The van der Waals surface area contributed by atoms with Gasteiger partial charge in [0.15, 0.2) is 0 Å². The molecule has 0 unspecified atom stereocenters. The Balaban J connectivity index is 3.61. The largest absolute Gasteiger partial charge is 0.498 e. The molecule has 0 saturated heterocycles. The van der Waals surface area contributed by atoms with Gasteiger partial charge in [-0.2, -0.15) is 0 Å². The van der Waals surface area contributed by atoms with Crippen molar-refractivity contribution in [1.82, 2.24) is 0 Å². The summed E-state index contributed by atoms with van der Waals surface area (Å²) in [5, 5.41) is 8.51. The molecule has 0 fully saturated rings. The van der Waals surface area contributed by atoms with Gasteiger partial charge in [0.05, 0.1) is 18.4 Å². The average Bonchev–Trinajstić information content (AvgIpc) is 2.41. The van der Waals surface area contributed by atoms with E-state index in [0.29, 0.717) is 5.57 Å². The molecule has 0 bridgehead atoms. The highest BCUT2D eigenvalue weighted by atomic mass is 16.5. The van der Waals surface area contributed by atoms with E-state index in [-0.39, 0.29) is 19.8 Å². The molecular formula is C14H25NO4. The molecule has 0 atom stereocenters. The Labute approximate surface area is 115 Å². The molecule has 0 amide bonds. The van der Waals surface area contributed by atoms with Gasteiger partial charge in [0.1, 0.15) is 13.2 Å². The maximum Gasteiger partial charge on any atom is 0.337 e. The second kappa shape index (κ2) is 13.1. The SMILES string of the molecule is CCCCCCN=CCOC(=O)C(C)=COCCO. The minimum atomic E-state index is -0.435. The standard InChI is InChI=1S/C14H25NO4/c1-3-4-5-6-7-15-8-10-19-14(17)13(2)12-18-11-9-16/h8,12,16H,3-7,9-11H2,1-2H3. The monoisotopic (exact) mass is 271 g/mol. The van der Waals surface area contributed by atoms with Crippen LogP contribution in [0.2, 0.25) is 0 Å². The molecule has 0 aromatic carbocycles. The molecule has 5 nitrogen and oxygen atoms in total. The van der Waals surface area contributed by atoms with Gasteiger partial charge >= 0.3 is 5.97 Å². The summed E-state index contributed by atoms with van der Waals surface area (Å²) < 4.78 is 9.86. The van der Waals surface area contributed by atoms with Crippen LogP contribution < -0.4 is 0 Å². The van der Waals surface area contributed by atoms with Crippen molar-refractivity contribution in [3.8, 4) is 0 Å². The fourth-order valence-electron chi connectivity index (χ4n) is 1.29. The molecule has 0 aliphatic rings. The normalized spacial score (nSPS) is 11.8. The Hall–Kier alpha value is -1.36. The van der Waals surface area contributed by atoms with Crippen LogP contribution in [-0.4, -0.2) is 43.7 Å². The minimum Gasteiger partial charge on any atom is -0.498 e. The van der Waals surface area contributed by atoms with E-state index in [1.807, 2.05) is 0 Å². The predicted molar refractivity (Wildman–Crippen MR) is 75.3 cm³/mol. The first-order valence-corrected chi connectivity index (χ1v) is 6.77. The van der Waals surface area contributed by atoms with Gasteiger partial charge in [-0.15, -0.1) is 0 Å². The lowest BCUT2D eigenvalue weighted by Gasteiger charge is -2.02. The number of hydrogen-bond acceptors (Lipinski definition) is 5. The quantitative estimate of drug-likeness (QED) is 0.205. The van der Waals surface area contributed by atoms with E-state index in [0.717, 1.165) is 13.0 Å². The fourth-order valence-corrected chi connectivity index (χ4v) is 1.29. The molecule has 0 radical (unpaired) electrons. The first-order valence-electron chi connectivity index (χ1n) is 6.77. The molecule has 0 aromatic heterocycles. The van der Waals surface area contributed by atoms with Crippen molar-refractivity contribution >= 4 is 12.2 Å². The molecule has 110 valence electrons. The second-order valence-corrected chi connectivity index (χ2v) is 4.14. The highest BCUT2D eigenvalue weighted by molar-refractivity contribution is 5.88. The van der Waals surface area contributed by atoms with Crippen LogP contribution in [0.3, 0.4) is 0 Å². The minimum absolute atomic E-state index is 0.0798. The Bertz CT molecular complexity index is 287. The average molecular weight is 271 g/mol. The molecule has 0 saturated carbocycles. The molecule has 0 aliphatic heterocycles. The molecule has 1 N–H and O–H groups in total. The highest BCUT2D eigenvalue weighted by Gasteiger charge is 2.04. The molecule has 0 heterocycles. The van der Waals surface area contributed by atoms with Crippen LogP contribution >= 0.6 is 0 Å². The van der Waals surface area contributed by atoms with E-state index < -0.39 is 5.97 Å². The Morgan fingerprint density at radius 3 is 2.79 bits per heavy atom. The molecule has 0 rings (SSSR count). The molecule has 0 aliphatic carbocycles. The van der Waals surface area contributed by atoms with Crippen molar-refractivity contribution in [3.63, 3.8) is 0 Å². The third-order valence-electron chi connectivity index (χ3n) is 2.35. The van der Waals surface area contributed by atoms with Gasteiger partial charge in [0.2, 0.25) is 0 Å². The van der Waals surface area contributed by atoms with Crippen LogP contribution in [0, 0.1) is 0 Å². The van der Waals surface area contributed by atoms with Crippen molar-refractivity contribution in [1.29, 1.82) is 0 Å². The van der Waals surface area contributed by atoms with Crippen LogP contribution in [0.4, 0.5) is 0 Å². The van der Waals surface area contributed by atoms with E-state index >= 15 is 0 Å². The van der Waals surface area contributed by atoms with Crippen LogP contribution in [0.15, 0.2) is 16.8 Å². The summed E-state index contributed by atoms with van der Waals surface area (Å²) in [5.74, 6) is -0.435. The van der Waals surface area contributed by atoms with Crippen molar-refractivity contribution < 1.29 is 19.4 Å². The lowest BCUT2D eigenvalue weighted by Crippen LogP contribution is -2.08. The maximum atomic E-state index is 11.4. The summed E-state index contributed by atoms with van der Waals surface area (Å²) in [6, 6.07) is 0. The van der Waals surface area contributed by atoms with Gasteiger partial charge in [-0.1, -0.05) is 26.2 Å². The van der Waals surface area contributed by atoms with Crippen LogP contribution in [-0.2, 0) is 14.3 Å². The van der Waals surface area contributed by atoms with Gasteiger partial charge in [-0.05, 0) is 13.3 Å². The zero-order valence-corrected chi connectivity index (χ0v) is 11.9. The first-order chi connectivity index (χ1) is 9.22. The molecule has 5 heteroatoms. The van der Waals surface area contributed by atoms with Crippen molar-refractivity contribution in [2.45, 2.75) is 39.5 Å². The third-order valence-corrected chi connectivity index (χ3v) is 2.35. The summed E-state index contributed by atoms with van der Waals surface area (Å²) in [4.78, 5) is 15.6. The van der Waals surface area contributed by atoms with E-state index in [9.17, 15) is 4.79 Å². The fraction of sp³-hybridized carbons (Fsp3) is 0.714. The molecule has 0 spiro atoms. The maximum absolute atomic E-state index is 11.4. The highest BCUT2D eigenvalue weighted by Crippen LogP contribution is 1.99. The zero-order valence-electron chi connectivity index (χ0n) is 11.9. The van der Waals surface area contributed by atoms with E-state index in [1.54, 1.807) is 13.1 Å². The smallest absolute Gasteiger partial charge is 0.337 e. The lowest BCUT2D eigenvalue weighted by atomic mass is 10.2. The van der Waals surface area contributed by atoms with Crippen molar-refractivity contribution in [3.05, 3.63) is 11.8 Å². The number of carbonyl (C=O) groups is 1. The number of aliphatic hydroxyl groups is 1. The number of carbonyl (C=O) groups excluding carboxylic acids is 1. The summed E-state index contributed by atoms with van der Waals surface area (Å²) >= 11 is 0. The number of esters is 1. The first kappa shape index (κ1) is 17.6. The van der Waals surface area contributed by atoms with Gasteiger partial charge < -0.3 is 14.6 Å².